The van der Waals surface area contributed by atoms with E-state index >= 15 is 0 Å². The third-order valence-electron chi connectivity index (χ3n) is 1.92. The van der Waals surface area contributed by atoms with Gasteiger partial charge >= 0.3 is 0 Å². The minimum Gasteiger partial charge on any atom is -0.366 e. The van der Waals surface area contributed by atoms with E-state index in [1.807, 2.05) is 0 Å². The fourth-order valence-electron chi connectivity index (χ4n) is 1.10. The van der Waals surface area contributed by atoms with E-state index in [1.165, 1.54) is 7.05 Å². The van der Waals surface area contributed by atoms with Crippen molar-refractivity contribution < 1.29 is 14.3 Å². The highest BCUT2D eigenvalue weighted by atomic mass is 16.5. The number of hydrogen-bond donors (Lipinski definition) is 3. The minimum atomic E-state index is -0.478. The molecular formula is C8H15N3O3. The summed E-state index contributed by atoms with van der Waals surface area (Å²) in [6.07, 6.45) is -0.478. The third-order valence-corrected chi connectivity index (χ3v) is 1.92. The quantitative estimate of drug-likeness (QED) is 0.486. The van der Waals surface area contributed by atoms with Crippen molar-refractivity contribution in [2.45, 2.75) is 6.10 Å². The molecular weight excluding hydrogens is 186 g/mol. The molecule has 6 heteroatoms. The third kappa shape index (κ3) is 3.31. The molecule has 0 aromatic carbocycles. The van der Waals surface area contributed by atoms with Gasteiger partial charge in [0.05, 0.1) is 13.2 Å². The maximum Gasteiger partial charge on any atom is 0.250 e. The number of likely N-dealkylation sites (N-methyl/N-ethyl adjacent to an activating group) is 1. The summed E-state index contributed by atoms with van der Waals surface area (Å²) in [6, 6.07) is 0. The van der Waals surface area contributed by atoms with Crippen molar-refractivity contribution in [3.8, 4) is 0 Å². The van der Waals surface area contributed by atoms with E-state index in [0.29, 0.717) is 13.2 Å². The van der Waals surface area contributed by atoms with Crippen molar-refractivity contribution in [1.29, 1.82) is 0 Å². The van der Waals surface area contributed by atoms with Gasteiger partial charge in [0.2, 0.25) is 5.91 Å². The number of rotatable bonds is 3. The molecule has 0 bridgehead atoms. The molecule has 0 aliphatic carbocycles. The average Bonchev–Trinajstić information content (AvgIpc) is 2.26. The molecule has 0 spiro atoms. The average molecular weight is 201 g/mol. The van der Waals surface area contributed by atoms with E-state index in [2.05, 4.69) is 16.0 Å². The van der Waals surface area contributed by atoms with Crippen molar-refractivity contribution in [3.05, 3.63) is 0 Å². The molecule has 6 nitrogen and oxygen atoms in total. The first-order chi connectivity index (χ1) is 6.74. The van der Waals surface area contributed by atoms with Crippen LogP contribution in [0, 0.1) is 0 Å². The Kier molecular flexibility index (Phi) is 4.34. The molecule has 1 aliphatic rings. The van der Waals surface area contributed by atoms with Crippen LogP contribution in [0.3, 0.4) is 0 Å². The first kappa shape index (κ1) is 10.9. The number of carbonyl (C=O) groups excluding carboxylic acids is 2. The Morgan fingerprint density at radius 2 is 2.36 bits per heavy atom. The van der Waals surface area contributed by atoms with Crippen LogP contribution in [0.1, 0.15) is 0 Å². The summed E-state index contributed by atoms with van der Waals surface area (Å²) in [7, 11) is 1.52. The summed E-state index contributed by atoms with van der Waals surface area (Å²) < 4.78 is 5.20. The summed E-state index contributed by atoms with van der Waals surface area (Å²) in [6.45, 7) is 1.78. The molecule has 3 N–H and O–H groups in total. The molecule has 1 heterocycles. The Hall–Kier alpha value is -1.14. The van der Waals surface area contributed by atoms with Gasteiger partial charge in [0, 0.05) is 20.1 Å². The Morgan fingerprint density at radius 1 is 1.57 bits per heavy atom. The molecule has 1 fully saturated rings. The van der Waals surface area contributed by atoms with Crippen molar-refractivity contribution >= 4 is 11.8 Å². The van der Waals surface area contributed by atoms with Gasteiger partial charge in [0.1, 0.15) is 6.10 Å². The van der Waals surface area contributed by atoms with Crippen molar-refractivity contribution in [3.63, 3.8) is 0 Å². The Bertz CT molecular complexity index is 214. The van der Waals surface area contributed by atoms with E-state index in [1.54, 1.807) is 0 Å². The molecule has 1 rings (SSSR count). The lowest BCUT2D eigenvalue weighted by atomic mass is 10.3. The van der Waals surface area contributed by atoms with Crippen LogP contribution < -0.4 is 16.0 Å². The van der Waals surface area contributed by atoms with Gasteiger partial charge in [-0.2, -0.15) is 0 Å². The number of ether oxygens (including phenoxy) is 1. The standard InChI is InChI=1S/C8H15N3O3/c1-9-7(12)5-11-8(13)6-4-10-2-3-14-6/h6,10H,2-5H2,1H3,(H,9,12)(H,11,13). The van der Waals surface area contributed by atoms with Crippen molar-refractivity contribution in [1.82, 2.24) is 16.0 Å². The highest BCUT2D eigenvalue weighted by Gasteiger charge is 2.21. The van der Waals surface area contributed by atoms with Gasteiger partial charge in [0.15, 0.2) is 0 Å². The molecule has 0 aromatic rings. The number of carbonyl (C=O) groups is 2. The Labute approximate surface area is 82.4 Å². The van der Waals surface area contributed by atoms with Crippen LogP contribution in [0.4, 0.5) is 0 Å². The van der Waals surface area contributed by atoms with E-state index in [4.69, 9.17) is 4.74 Å². The van der Waals surface area contributed by atoms with E-state index < -0.39 is 6.10 Å². The van der Waals surface area contributed by atoms with Crippen LogP contribution in [-0.2, 0) is 14.3 Å². The highest BCUT2D eigenvalue weighted by molar-refractivity contribution is 5.86. The Morgan fingerprint density at radius 3 is 2.93 bits per heavy atom. The summed E-state index contributed by atoms with van der Waals surface area (Å²) in [4.78, 5) is 22.2. The lowest BCUT2D eigenvalue weighted by Crippen LogP contribution is -2.49. The predicted octanol–water partition coefficient (Wildman–Crippen LogP) is -2.16. The molecule has 0 aromatic heterocycles. The fraction of sp³-hybridized carbons (Fsp3) is 0.750. The Balaban J connectivity index is 2.23. The molecule has 1 saturated heterocycles. The van der Waals surface area contributed by atoms with Crippen LogP contribution in [-0.4, -0.2) is 51.2 Å². The summed E-state index contributed by atoms with van der Waals surface area (Å²) in [5, 5.41) is 7.93. The lowest BCUT2D eigenvalue weighted by molar-refractivity contribution is -0.135. The second-order valence-electron chi connectivity index (χ2n) is 2.95. The molecule has 2 amide bonds. The number of hydrogen-bond acceptors (Lipinski definition) is 4. The van der Waals surface area contributed by atoms with Gasteiger partial charge in [-0.1, -0.05) is 0 Å². The van der Waals surface area contributed by atoms with Gasteiger partial charge in [0.25, 0.3) is 5.91 Å². The monoisotopic (exact) mass is 201 g/mol. The molecule has 14 heavy (non-hydrogen) atoms. The molecule has 1 unspecified atom stereocenters. The van der Waals surface area contributed by atoms with Gasteiger partial charge in [-0.3, -0.25) is 9.59 Å². The topological polar surface area (TPSA) is 79.5 Å². The second kappa shape index (κ2) is 5.56. The maximum absolute atomic E-state index is 11.4. The zero-order valence-corrected chi connectivity index (χ0v) is 8.13. The summed E-state index contributed by atoms with van der Waals surface area (Å²) in [5.74, 6) is -0.470. The van der Waals surface area contributed by atoms with Gasteiger partial charge in [-0.15, -0.1) is 0 Å². The van der Waals surface area contributed by atoms with Crippen LogP contribution in [0.5, 0.6) is 0 Å². The molecule has 0 radical (unpaired) electrons. The van der Waals surface area contributed by atoms with E-state index in [-0.39, 0.29) is 18.4 Å². The molecule has 1 aliphatic heterocycles. The smallest absolute Gasteiger partial charge is 0.250 e. The maximum atomic E-state index is 11.4. The van der Waals surface area contributed by atoms with Crippen LogP contribution in [0.2, 0.25) is 0 Å². The summed E-state index contributed by atoms with van der Waals surface area (Å²) >= 11 is 0. The van der Waals surface area contributed by atoms with Crippen molar-refractivity contribution in [2.24, 2.45) is 0 Å². The minimum absolute atomic E-state index is 0.00477. The van der Waals surface area contributed by atoms with Gasteiger partial charge < -0.3 is 20.7 Å². The fourth-order valence-corrected chi connectivity index (χ4v) is 1.10. The molecule has 0 saturated carbocycles. The molecule has 1 atom stereocenters. The zero-order chi connectivity index (χ0) is 10.4. The van der Waals surface area contributed by atoms with Crippen molar-refractivity contribution in [2.75, 3.05) is 33.3 Å². The number of morpholine rings is 1. The predicted molar refractivity (Wildman–Crippen MR) is 49.7 cm³/mol. The van der Waals surface area contributed by atoms with Gasteiger partial charge in [-0.25, -0.2) is 0 Å². The SMILES string of the molecule is CNC(=O)CNC(=O)C1CNCCO1. The zero-order valence-electron chi connectivity index (χ0n) is 8.13. The first-order valence-corrected chi connectivity index (χ1v) is 4.54. The second-order valence-corrected chi connectivity index (χ2v) is 2.95. The largest absolute Gasteiger partial charge is 0.366 e. The first-order valence-electron chi connectivity index (χ1n) is 4.54. The van der Waals surface area contributed by atoms with E-state index in [0.717, 1.165) is 6.54 Å². The molecule has 80 valence electrons. The normalized spacial score (nSPS) is 21.4. The number of amides is 2. The summed E-state index contributed by atoms with van der Waals surface area (Å²) in [5.41, 5.74) is 0. The van der Waals surface area contributed by atoms with Crippen LogP contribution in [0.15, 0.2) is 0 Å². The van der Waals surface area contributed by atoms with Crippen LogP contribution in [0.25, 0.3) is 0 Å². The lowest BCUT2D eigenvalue weighted by Gasteiger charge is -2.22. The van der Waals surface area contributed by atoms with Gasteiger partial charge in [-0.05, 0) is 0 Å². The van der Waals surface area contributed by atoms with E-state index in [9.17, 15) is 9.59 Å². The number of nitrogens with one attached hydrogen (secondary N) is 3. The van der Waals surface area contributed by atoms with Crippen LogP contribution >= 0.6 is 0 Å². The highest BCUT2D eigenvalue weighted by Crippen LogP contribution is 1.94.